The van der Waals surface area contributed by atoms with Gasteiger partial charge in [0, 0.05) is 19.0 Å². The molecular weight excluding hydrogens is 256 g/mol. The maximum atomic E-state index is 10.7. The number of carbonyl (C=O) groups is 1. The molecule has 0 fully saturated rings. The number of hydrogen-bond acceptors (Lipinski definition) is 4. The van der Waals surface area contributed by atoms with Crippen molar-refractivity contribution in [1.82, 2.24) is 5.32 Å². The summed E-state index contributed by atoms with van der Waals surface area (Å²) < 4.78 is 5.50. The molecule has 20 heavy (non-hydrogen) atoms. The molecule has 4 N–H and O–H groups in total. The van der Waals surface area contributed by atoms with Crippen molar-refractivity contribution in [3.05, 3.63) is 29.8 Å². The predicted octanol–water partition coefficient (Wildman–Crippen LogP) is 0.842. The molecule has 0 saturated carbocycles. The number of hydrogen-bond donors (Lipinski definition) is 3. The predicted molar refractivity (Wildman–Crippen MR) is 78.6 cm³/mol. The zero-order valence-corrected chi connectivity index (χ0v) is 12.1. The third kappa shape index (κ3) is 6.54. The lowest BCUT2D eigenvalue weighted by atomic mass is 10.2. The molecule has 0 aliphatic rings. The highest BCUT2D eigenvalue weighted by molar-refractivity contribution is 5.74. The van der Waals surface area contributed by atoms with Crippen LogP contribution in [-0.2, 0) is 11.2 Å². The van der Waals surface area contributed by atoms with Crippen LogP contribution >= 0.6 is 0 Å². The minimum atomic E-state index is -0.629. The van der Waals surface area contributed by atoms with Gasteiger partial charge in [-0.2, -0.15) is 0 Å². The highest BCUT2D eigenvalue weighted by Crippen LogP contribution is 2.12. The van der Waals surface area contributed by atoms with Crippen LogP contribution in [0.3, 0.4) is 0 Å². The lowest BCUT2D eigenvalue weighted by Gasteiger charge is -2.16. The topological polar surface area (TPSA) is 84.6 Å². The standard InChI is InChI=1S/C15H24N2O3/c1-3-12-4-6-14(7-5-12)20-10-13(18)9-17-11(2)8-15(16)19/h4-7,11,13,17-18H,3,8-10H2,1-2H3,(H2,16,19). The van der Waals surface area contributed by atoms with Gasteiger partial charge in [-0.1, -0.05) is 19.1 Å². The highest BCUT2D eigenvalue weighted by atomic mass is 16.5. The largest absolute Gasteiger partial charge is 0.491 e. The second-order valence-corrected chi connectivity index (χ2v) is 4.94. The fraction of sp³-hybridized carbons (Fsp3) is 0.533. The van der Waals surface area contributed by atoms with E-state index in [1.807, 2.05) is 31.2 Å². The van der Waals surface area contributed by atoms with Crippen LogP contribution in [0.2, 0.25) is 0 Å². The molecule has 0 saturated heterocycles. The number of rotatable bonds is 9. The van der Waals surface area contributed by atoms with Crippen LogP contribution in [0.25, 0.3) is 0 Å². The van der Waals surface area contributed by atoms with E-state index in [9.17, 15) is 9.90 Å². The van der Waals surface area contributed by atoms with Crippen molar-refractivity contribution in [3.8, 4) is 5.75 Å². The summed E-state index contributed by atoms with van der Waals surface area (Å²) in [6.45, 7) is 4.52. The van der Waals surface area contributed by atoms with E-state index in [0.29, 0.717) is 6.54 Å². The zero-order valence-electron chi connectivity index (χ0n) is 12.1. The molecule has 2 atom stereocenters. The van der Waals surface area contributed by atoms with E-state index >= 15 is 0 Å². The summed E-state index contributed by atoms with van der Waals surface area (Å²) in [7, 11) is 0. The van der Waals surface area contributed by atoms with Gasteiger partial charge in [-0.05, 0) is 31.0 Å². The van der Waals surface area contributed by atoms with Crippen molar-refractivity contribution in [3.63, 3.8) is 0 Å². The average Bonchev–Trinajstić information content (AvgIpc) is 2.42. The van der Waals surface area contributed by atoms with E-state index in [-0.39, 0.29) is 25.0 Å². The number of primary amides is 1. The number of aryl methyl sites for hydroxylation is 1. The van der Waals surface area contributed by atoms with Crippen LogP contribution < -0.4 is 15.8 Å². The van der Waals surface area contributed by atoms with Crippen LogP contribution in [0.1, 0.15) is 25.8 Å². The first-order valence-corrected chi connectivity index (χ1v) is 6.92. The Bertz CT molecular complexity index is 406. The summed E-state index contributed by atoms with van der Waals surface area (Å²) in [5, 5.41) is 12.8. The Kier molecular flexibility index (Phi) is 7.04. The molecule has 0 radical (unpaired) electrons. The molecule has 1 amide bonds. The van der Waals surface area contributed by atoms with Gasteiger partial charge in [-0.3, -0.25) is 4.79 Å². The number of ether oxygens (including phenoxy) is 1. The van der Waals surface area contributed by atoms with Crippen molar-refractivity contribution in [2.75, 3.05) is 13.2 Å². The van der Waals surface area contributed by atoms with Crippen molar-refractivity contribution >= 4 is 5.91 Å². The van der Waals surface area contributed by atoms with E-state index in [1.165, 1.54) is 5.56 Å². The number of aliphatic hydroxyl groups excluding tert-OH is 1. The van der Waals surface area contributed by atoms with Crippen molar-refractivity contribution in [1.29, 1.82) is 0 Å². The first kappa shape index (κ1) is 16.5. The Labute approximate surface area is 120 Å². The van der Waals surface area contributed by atoms with Crippen molar-refractivity contribution < 1.29 is 14.6 Å². The molecule has 1 rings (SSSR count). The molecule has 1 aromatic carbocycles. The minimum Gasteiger partial charge on any atom is -0.491 e. The van der Waals surface area contributed by atoms with E-state index in [0.717, 1.165) is 12.2 Å². The summed E-state index contributed by atoms with van der Waals surface area (Å²) in [6, 6.07) is 7.76. The minimum absolute atomic E-state index is 0.0500. The van der Waals surface area contributed by atoms with Gasteiger partial charge in [0.25, 0.3) is 0 Å². The highest BCUT2D eigenvalue weighted by Gasteiger charge is 2.09. The lowest BCUT2D eigenvalue weighted by molar-refractivity contribution is -0.118. The van der Waals surface area contributed by atoms with Crippen molar-refractivity contribution in [2.24, 2.45) is 5.73 Å². The summed E-state index contributed by atoms with van der Waals surface area (Å²) >= 11 is 0. The molecule has 0 aliphatic carbocycles. The molecule has 0 aromatic heterocycles. The summed E-state index contributed by atoms with van der Waals surface area (Å²) in [5.74, 6) is 0.387. The number of nitrogens with one attached hydrogen (secondary N) is 1. The molecule has 5 nitrogen and oxygen atoms in total. The van der Waals surface area contributed by atoms with Crippen molar-refractivity contribution in [2.45, 2.75) is 38.8 Å². The Hall–Kier alpha value is -1.59. The quantitative estimate of drug-likeness (QED) is 0.626. The summed E-state index contributed by atoms with van der Waals surface area (Å²) in [4.78, 5) is 10.7. The molecule has 0 bridgehead atoms. The molecular formula is C15H24N2O3. The Morgan fingerprint density at radius 2 is 2.05 bits per heavy atom. The van der Waals surface area contributed by atoms with Gasteiger partial charge in [0.1, 0.15) is 18.5 Å². The van der Waals surface area contributed by atoms with Crippen LogP contribution in [0.4, 0.5) is 0 Å². The maximum absolute atomic E-state index is 10.7. The number of benzene rings is 1. The molecule has 2 unspecified atom stereocenters. The van der Waals surface area contributed by atoms with Gasteiger partial charge in [0.15, 0.2) is 0 Å². The number of aliphatic hydroxyl groups is 1. The van der Waals surface area contributed by atoms with E-state index in [4.69, 9.17) is 10.5 Å². The SMILES string of the molecule is CCc1ccc(OCC(O)CNC(C)CC(N)=O)cc1. The second-order valence-electron chi connectivity index (χ2n) is 4.94. The Balaban J connectivity index is 2.24. The first-order chi connectivity index (χ1) is 9.51. The maximum Gasteiger partial charge on any atom is 0.218 e. The van der Waals surface area contributed by atoms with Gasteiger partial charge in [0.05, 0.1) is 0 Å². The Morgan fingerprint density at radius 3 is 2.60 bits per heavy atom. The monoisotopic (exact) mass is 280 g/mol. The number of nitrogens with two attached hydrogens (primary N) is 1. The number of carbonyl (C=O) groups excluding carboxylic acids is 1. The van der Waals surface area contributed by atoms with E-state index < -0.39 is 6.10 Å². The smallest absolute Gasteiger partial charge is 0.218 e. The zero-order chi connectivity index (χ0) is 15.0. The molecule has 112 valence electrons. The first-order valence-electron chi connectivity index (χ1n) is 6.92. The lowest BCUT2D eigenvalue weighted by Crippen LogP contribution is -2.38. The van der Waals surface area contributed by atoms with Gasteiger partial charge in [-0.25, -0.2) is 0 Å². The van der Waals surface area contributed by atoms with Gasteiger partial charge in [0.2, 0.25) is 5.91 Å². The normalized spacial score (nSPS) is 13.8. The third-order valence-electron chi connectivity index (χ3n) is 2.98. The fourth-order valence-corrected chi connectivity index (χ4v) is 1.78. The van der Waals surface area contributed by atoms with Gasteiger partial charge >= 0.3 is 0 Å². The molecule has 0 spiro atoms. The Morgan fingerprint density at radius 1 is 1.40 bits per heavy atom. The molecule has 0 aliphatic heterocycles. The van der Waals surface area contributed by atoms with Gasteiger partial charge < -0.3 is 20.9 Å². The van der Waals surface area contributed by atoms with E-state index in [2.05, 4.69) is 12.2 Å². The number of amides is 1. The van der Waals surface area contributed by atoms with Crippen LogP contribution in [-0.4, -0.2) is 36.3 Å². The van der Waals surface area contributed by atoms with Crippen LogP contribution in [0.5, 0.6) is 5.75 Å². The van der Waals surface area contributed by atoms with E-state index in [1.54, 1.807) is 0 Å². The average molecular weight is 280 g/mol. The van der Waals surface area contributed by atoms with Crippen LogP contribution in [0, 0.1) is 0 Å². The van der Waals surface area contributed by atoms with Gasteiger partial charge in [-0.15, -0.1) is 0 Å². The molecule has 1 aromatic rings. The molecule has 0 heterocycles. The fourth-order valence-electron chi connectivity index (χ4n) is 1.78. The summed E-state index contributed by atoms with van der Waals surface area (Å²) in [5.41, 5.74) is 6.34. The van der Waals surface area contributed by atoms with Crippen LogP contribution in [0.15, 0.2) is 24.3 Å². The summed E-state index contributed by atoms with van der Waals surface area (Å²) in [6.07, 6.45) is 0.618. The third-order valence-corrected chi connectivity index (χ3v) is 2.98. The molecule has 5 heteroatoms. The second kappa shape index (κ2) is 8.55.